The lowest BCUT2D eigenvalue weighted by Crippen LogP contribution is -2.30. The molecule has 2 nitrogen and oxygen atoms in total. The second kappa shape index (κ2) is 6.85. The van der Waals surface area contributed by atoms with Gasteiger partial charge in [0.1, 0.15) is 5.82 Å². The van der Waals surface area contributed by atoms with E-state index in [0.29, 0.717) is 0 Å². The van der Waals surface area contributed by atoms with Crippen LogP contribution in [0.15, 0.2) is 46.9 Å². The Morgan fingerprint density at radius 3 is 2.57 bits per heavy atom. The Morgan fingerprint density at radius 2 is 1.83 bits per heavy atom. The Morgan fingerprint density at radius 1 is 1.09 bits per heavy atom. The summed E-state index contributed by atoms with van der Waals surface area (Å²) in [6, 6.07) is 13.4. The van der Waals surface area contributed by atoms with Crippen molar-refractivity contribution < 1.29 is 4.39 Å². The van der Waals surface area contributed by atoms with Gasteiger partial charge in [-0.1, -0.05) is 41.9 Å². The van der Waals surface area contributed by atoms with Gasteiger partial charge in [0.25, 0.3) is 0 Å². The summed E-state index contributed by atoms with van der Waals surface area (Å²) in [7, 11) is 0. The van der Waals surface area contributed by atoms with Crippen LogP contribution >= 0.6 is 15.9 Å². The van der Waals surface area contributed by atoms with E-state index >= 15 is 0 Å². The smallest absolute Gasteiger partial charge is 0.123 e. The lowest BCUT2D eigenvalue weighted by atomic mass is 9.94. The molecular weight excluding hydrogens is 355 g/mol. The molecule has 1 unspecified atom stereocenters. The van der Waals surface area contributed by atoms with Crippen molar-refractivity contribution in [2.75, 3.05) is 6.54 Å². The topological polar surface area (TPSA) is 27.8 Å². The number of benzene rings is 2. The molecule has 0 radical (unpaired) electrons. The fraction of sp³-hybridized carbons (Fsp3) is 0.263. The van der Waals surface area contributed by atoms with Gasteiger partial charge in [0.05, 0.1) is 6.04 Å². The van der Waals surface area contributed by atoms with Crippen LogP contribution in [0.3, 0.4) is 0 Å². The van der Waals surface area contributed by atoms with Crippen molar-refractivity contribution >= 4 is 26.8 Å². The van der Waals surface area contributed by atoms with Crippen molar-refractivity contribution in [3.8, 4) is 0 Å². The molecule has 0 bridgehead atoms. The van der Waals surface area contributed by atoms with E-state index in [0.717, 1.165) is 34.0 Å². The molecule has 0 saturated heterocycles. The van der Waals surface area contributed by atoms with Gasteiger partial charge in [-0.05, 0) is 47.9 Å². The van der Waals surface area contributed by atoms with Crippen LogP contribution in [0.5, 0.6) is 0 Å². The number of nitrogens with one attached hydrogen (secondary N) is 2. The number of halogens is 2. The molecule has 2 heterocycles. The van der Waals surface area contributed by atoms with Gasteiger partial charge in [-0.15, -0.1) is 0 Å². The molecule has 23 heavy (non-hydrogen) atoms. The minimum Gasteiger partial charge on any atom is -0.357 e. The zero-order chi connectivity index (χ0) is 16.4. The maximum atomic E-state index is 13.5. The molecule has 1 aromatic heterocycles. The van der Waals surface area contributed by atoms with Crippen LogP contribution in [0.2, 0.25) is 0 Å². The number of aromatic nitrogens is 1. The third kappa shape index (κ3) is 3.06. The van der Waals surface area contributed by atoms with Crippen molar-refractivity contribution in [1.29, 1.82) is 0 Å². The monoisotopic (exact) mass is 374 g/mol. The van der Waals surface area contributed by atoms with Crippen molar-refractivity contribution in [1.82, 2.24) is 10.3 Å². The molecule has 0 aliphatic carbocycles. The fourth-order valence-corrected chi connectivity index (χ4v) is 3.40. The molecule has 1 atom stereocenters. The highest BCUT2D eigenvalue weighted by molar-refractivity contribution is 9.10. The van der Waals surface area contributed by atoms with Crippen LogP contribution < -0.4 is 5.32 Å². The standard InChI is InChI=1S/C17H14BrFN2.C2H6/c18-11-3-1-10(2-4-11)16-17-13(7-8-20-16)14-9-12(19)5-6-15(14)21-17;1-2/h1-6,9,16,20-21H,7-8H2;1-2H3. The summed E-state index contributed by atoms with van der Waals surface area (Å²) in [6.45, 7) is 4.90. The van der Waals surface area contributed by atoms with Gasteiger partial charge in [-0.25, -0.2) is 4.39 Å². The fourth-order valence-electron chi connectivity index (χ4n) is 3.14. The van der Waals surface area contributed by atoms with Crippen molar-refractivity contribution in [3.05, 3.63) is 69.6 Å². The Hall–Kier alpha value is -1.65. The van der Waals surface area contributed by atoms with Crippen LogP contribution in [-0.2, 0) is 6.42 Å². The average molecular weight is 375 g/mol. The Balaban J connectivity index is 0.000000753. The third-order valence-electron chi connectivity index (χ3n) is 4.12. The Kier molecular flexibility index (Phi) is 4.83. The number of hydrogen-bond donors (Lipinski definition) is 2. The summed E-state index contributed by atoms with van der Waals surface area (Å²) >= 11 is 3.47. The van der Waals surface area contributed by atoms with E-state index in [9.17, 15) is 4.39 Å². The quantitative estimate of drug-likeness (QED) is 0.591. The molecule has 0 spiro atoms. The van der Waals surface area contributed by atoms with Crippen LogP contribution in [-0.4, -0.2) is 11.5 Å². The minimum absolute atomic E-state index is 0.136. The Labute approximate surface area is 144 Å². The van der Waals surface area contributed by atoms with Gasteiger partial charge in [-0.3, -0.25) is 0 Å². The maximum absolute atomic E-state index is 13.5. The average Bonchev–Trinajstić information content (AvgIpc) is 2.95. The first-order valence-electron chi connectivity index (χ1n) is 8.01. The van der Waals surface area contributed by atoms with Crippen LogP contribution in [0.4, 0.5) is 4.39 Å². The molecule has 1 aliphatic heterocycles. The van der Waals surface area contributed by atoms with Crippen LogP contribution in [0, 0.1) is 5.82 Å². The predicted octanol–water partition coefficient (Wildman–Crippen LogP) is 5.33. The van der Waals surface area contributed by atoms with E-state index in [4.69, 9.17) is 0 Å². The number of aromatic amines is 1. The highest BCUT2D eigenvalue weighted by Crippen LogP contribution is 2.34. The van der Waals surface area contributed by atoms with Gasteiger partial charge < -0.3 is 10.3 Å². The van der Waals surface area contributed by atoms with E-state index in [1.54, 1.807) is 6.07 Å². The second-order valence-electron chi connectivity index (χ2n) is 5.40. The normalized spacial score (nSPS) is 16.6. The summed E-state index contributed by atoms with van der Waals surface area (Å²) in [5, 5.41) is 4.55. The molecule has 4 heteroatoms. The van der Waals surface area contributed by atoms with E-state index in [1.807, 2.05) is 32.0 Å². The van der Waals surface area contributed by atoms with Crippen molar-refractivity contribution in [2.24, 2.45) is 0 Å². The minimum atomic E-state index is -0.178. The first-order valence-corrected chi connectivity index (χ1v) is 8.80. The van der Waals surface area contributed by atoms with Gasteiger partial charge in [0.2, 0.25) is 0 Å². The molecule has 3 aromatic rings. The first-order chi connectivity index (χ1) is 11.2. The molecule has 120 valence electrons. The van der Waals surface area contributed by atoms with Gasteiger partial charge in [0.15, 0.2) is 0 Å². The highest BCUT2D eigenvalue weighted by Gasteiger charge is 2.25. The molecule has 1 aliphatic rings. The summed E-state index contributed by atoms with van der Waals surface area (Å²) in [4.78, 5) is 3.47. The van der Waals surface area contributed by atoms with Crippen LogP contribution in [0.25, 0.3) is 10.9 Å². The Bertz CT molecular complexity index is 808. The zero-order valence-corrected chi connectivity index (χ0v) is 14.9. The lowest BCUT2D eigenvalue weighted by Gasteiger charge is -2.24. The maximum Gasteiger partial charge on any atom is 0.123 e. The molecule has 2 N–H and O–H groups in total. The SMILES string of the molecule is CC.Fc1ccc2[nH]c3c(c2c1)CCNC3c1ccc(Br)cc1. The summed E-state index contributed by atoms with van der Waals surface area (Å²) in [5.41, 5.74) is 4.61. The molecule has 0 amide bonds. The zero-order valence-electron chi connectivity index (χ0n) is 13.3. The van der Waals surface area contributed by atoms with E-state index < -0.39 is 0 Å². The molecule has 0 saturated carbocycles. The summed E-state index contributed by atoms with van der Waals surface area (Å²) < 4.78 is 14.6. The number of hydrogen-bond acceptors (Lipinski definition) is 1. The molecule has 2 aromatic carbocycles. The molecular formula is C19H20BrFN2. The van der Waals surface area contributed by atoms with Crippen LogP contribution in [0.1, 0.15) is 36.7 Å². The summed E-state index contributed by atoms with van der Waals surface area (Å²) in [6.07, 6.45) is 0.922. The predicted molar refractivity (Wildman–Crippen MR) is 97.3 cm³/mol. The number of rotatable bonds is 1. The molecule has 0 fully saturated rings. The van der Waals surface area contributed by atoms with Gasteiger partial charge in [0, 0.05) is 27.6 Å². The largest absolute Gasteiger partial charge is 0.357 e. The van der Waals surface area contributed by atoms with Crippen molar-refractivity contribution in [3.63, 3.8) is 0 Å². The van der Waals surface area contributed by atoms with Gasteiger partial charge >= 0.3 is 0 Å². The number of fused-ring (bicyclic) bond motifs is 3. The van der Waals surface area contributed by atoms with E-state index in [-0.39, 0.29) is 11.9 Å². The van der Waals surface area contributed by atoms with Gasteiger partial charge in [-0.2, -0.15) is 0 Å². The number of H-pyrrole nitrogens is 1. The highest BCUT2D eigenvalue weighted by atomic mass is 79.9. The molecule has 4 rings (SSSR count). The van der Waals surface area contributed by atoms with E-state index in [1.165, 1.54) is 17.2 Å². The third-order valence-corrected chi connectivity index (χ3v) is 4.65. The lowest BCUT2D eigenvalue weighted by molar-refractivity contribution is 0.560. The van der Waals surface area contributed by atoms with E-state index in [2.05, 4.69) is 38.4 Å². The summed E-state index contributed by atoms with van der Waals surface area (Å²) in [5.74, 6) is -0.178. The second-order valence-corrected chi connectivity index (χ2v) is 6.31. The van der Waals surface area contributed by atoms with Crippen molar-refractivity contribution in [2.45, 2.75) is 26.3 Å². The first kappa shape index (κ1) is 16.2.